The molecule has 1 aromatic heterocycles. The normalized spacial score (nSPS) is 20.5. The number of anilines is 1. The lowest BCUT2D eigenvalue weighted by molar-refractivity contribution is 0.0687. The van der Waals surface area contributed by atoms with E-state index in [-0.39, 0.29) is 16.4 Å². The van der Waals surface area contributed by atoms with Gasteiger partial charge in [0.25, 0.3) is 0 Å². The smallest absolute Gasteiger partial charge is 0.356 e. The zero-order chi connectivity index (χ0) is 13.5. The molecule has 1 atom stereocenters. The quantitative estimate of drug-likeness (QED) is 0.802. The van der Waals surface area contributed by atoms with Gasteiger partial charge in [-0.05, 0) is 17.8 Å². The minimum atomic E-state index is -1.16. The van der Waals surface area contributed by atoms with E-state index in [1.165, 1.54) is 6.92 Å². The predicted octanol–water partition coefficient (Wildman–Crippen LogP) is 2.50. The molecule has 18 heavy (non-hydrogen) atoms. The Morgan fingerprint density at radius 2 is 2.17 bits per heavy atom. The predicted molar refractivity (Wildman–Crippen MR) is 69.5 cm³/mol. The maximum absolute atomic E-state index is 11.3. The van der Waals surface area contributed by atoms with Crippen LogP contribution in [0, 0.1) is 11.3 Å². The Morgan fingerprint density at radius 1 is 1.56 bits per heavy atom. The number of hydrogen-bond donors (Lipinski definition) is 2. The molecule has 1 aromatic rings. The highest BCUT2D eigenvalue weighted by molar-refractivity contribution is 7.17. The van der Waals surface area contributed by atoms with Crippen molar-refractivity contribution >= 4 is 28.2 Å². The van der Waals surface area contributed by atoms with Crippen molar-refractivity contribution in [1.82, 2.24) is 4.98 Å². The first-order valence-electron chi connectivity index (χ1n) is 5.80. The Kier molecular flexibility index (Phi) is 3.14. The molecule has 1 aliphatic carbocycles. The van der Waals surface area contributed by atoms with Gasteiger partial charge in [-0.15, -0.1) is 0 Å². The van der Waals surface area contributed by atoms with Gasteiger partial charge in [0.2, 0.25) is 0 Å². The van der Waals surface area contributed by atoms with Gasteiger partial charge in [-0.25, -0.2) is 9.78 Å². The number of aromatic carboxylic acids is 1. The number of nitrogens with one attached hydrogen (secondary N) is 1. The summed E-state index contributed by atoms with van der Waals surface area (Å²) in [5.74, 6) is -0.823. The molecule has 1 fully saturated rings. The Morgan fingerprint density at radius 3 is 2.56 bits per heavy atom. The van der Waals surface area contributed by atoms with Gasteiger partial charge in [0.1, 0.15) is 4.88 Å². The molecule has 0 amide bonds. The molecule has 1 aliphatic rings. The van der Waals surface area contributed by atoms with E-state index in [1.807, 2.05) is 0 Å². The molecule has 1 heterocycles. The second-order valence-corrected chi connectivity index (χ2v) is 6.33. The zero-order valence-corrected chi connectivity index (χ0v) is 11.4. The number of Topliss-reactive ketones (excluding diaryl/α,β-unsaturated/α-hetero) is 1. The topological polar surface area (TPSA) is 79.3 Å². The summed E-state index contributed by atoms with van der Waals surface area (Å²) in [4.78, 5) is 26.4. The molecule has 0 radical (unpaired) electrons. The second-order valence-electron chi connectivity index (χ2n) is 5.33. The molecule has 0 spiro atoms. The standard InChI is InChI=1S/C12H16N2O3S/c1-6(15)9-8(10(16)17)14-11(18-9)13-5-7-4-12(7,2)3/h7H,4-5H2,1-3H3,(H,13,14)(H,16,17). The number of carboxylic acids is 1. The van der Waals surface area contributed by atoms with Gasteiger partial charge in [-0.2, -0.15) is 0 Å². The first-order valence-corrected chi connectivity index (χ1v) is 6.62. The number of carboxylic acid groups (broad SMARTS) is 1. The fourth-order valence-electron chi connectivity index (χ4n) is 1.91. The Labute approximate surface area is 109 Å². The number of ketones is 1. The molecule has 0 aliphatic heterocycles. The van der Waals surface area contributed by atoms with Gasteiger partial charge in [-0.1, -0.05) is 25.2 Å². The fraction of sp³-hybridized carbons (Fsp3) is 0.583. The summed E-state index contributed by atoms with van der Waals surface area (Å²) in [7, 11) is 0. The van der Waals surface area contributed by atoms with Crippen molar-refractivity contribution < 1.29 is 14.7 Å². The number of carbonyl (C=O) groups is 2. The molecular weight excluding hydrogens is 252 g/mol. The van der Waals surface area contributed by atoms with Crippen LogP contribution in [0.3, 0.4) is 0 Å². The van der Waals surface area contributed by atoms with E-state index >= 15 is 0 Å². The van der Waals surface area contributed by atoms with E-state index in [0.29, 0.717) is 16.5 Å². The van der Waals surface area contributed by atoms with Crippen molar-refractivity contribution in [2.45, 2.75) is 27.2 Å². The summed E-state index contributed by atoms with van der Waals surface area (Å²) in [5, 5.41) is 12.6. The third-order valence-electron chi connectivity index (χ3n) is 3.37. The Bertz CT molecular complexity index is 476. The van der Waals surface area contributed by atoms with Crippen LogP contribution in [0.4, 0.5) is 5.13 Å². The number of rotatable bonds is 5. The third-order valence-corrected chi connectivity index (χ3v) is 4.48. The number of carbonyl (C=O) groups excluding carboxylic acids is 1. The van der Waals surface area contributed by atoms with E-state index in [2.05, 4.69) is 24.1 Å². The van der Waals surface area contributed by atoms with Crippen LogP contribution in [-0.2, 0) is 0 Å². The fourth-order valence-corrected chi connectivity index (χ4v) is 2.77. The summed E-state index contributed by atoms with van der Waals surface area (Å²) in [6, 6.07) is 0. The molecule has 6 heteroatoms. The number of thiazole rings is 1. The number of nitrogens with zero attached hydrogens (tertiary/aromatic N) is 1. The number of hydrogen-bond acceptors (Lipinski definition) is 5. The average Bonchev–Trinajstić information content (AvgIpc) is 2.73. The maximum Gasteiger partial charge on any atom is 0.356 e. The van der Waals surface area contributed by atoms with E-state index in [1.54, 1.807) is 0 Å². The van der Waals surface area contributed by atoms with Gasteiger partial charge in [0, 0.05) is 13.5 Å². The Hall–Kier alpha value is -1.43. The summed E-state index contributed by atoms with van der Waals surface area (Å²) in [6.07, 6.45) is 1.16. The summed E-state index contributed by atoms with van der Waals surface area (Å²) >= 11 is 1.11. The average molecular weight is 268 g/mol. The lowest BCUT2D eigenvalue weighted by atomic mass is 10.1. The van der Waals surface area contributed by atoms with Crippen molar-refractivity contribution in [2.75, 3.05) is 11.9 Å². The van der Waals surface area contributed by atoms with Crippen molar-refractivity contribution in [2.24, 2.45) is 11.3 Å². The van der Waals surface area contributed by atoms with Crippen LogP contribution in [0.2, 0.25) is 0 Å². The van der Waals surface area contributed by atoms with Crippen LogP contribution < -0.4 is 5.32 Å². The minimum absolute atomic E-state index is 0.148. The molecule has 0 saturated heterocycles. The molecule has 2 rings (SSSR count). The van der Waals surface area contributed by atoms with E-state index in [4.69, 9.17) is 5.11 Å². The van der Waals surface area contributed by atoms with Crippen LogP contribution in [0.5, 0.6) is 0 Å². The van der Waals surface area contributed by atoms with Crippen molar-refractivity contribution in [3.63, 3.8) is 0 Å². The molecule has 0 aromatic carbocycles. The molecular formula is C12H16N2O3S. The molecule has 98 valence electrons. The van der Waals surface area contributed by atoms with Gasteiger partial charge >= 0.3 is 5.97 Å². The summed E-state index contributed by atoms with van der Waals surface area (Å²) in [5.41, 5.74) is 0.216. The lowest BCUT2D eigenvalue weighted by Gasteiger charge is -2.03. The van der Waals surface area contributed by atoms with Crippen molar-refractivity contribution in [3.05, 3.63) is 10.6 Å². The van der Waals surface area contributed by atoms with Crippen LogP contribution in [0.25, 0.3) is 0 Å². The van der Waals surface area contributed by atoms with Crippen molar-refractivity contribution in [1.29, 1.82) is 0 Å². The first-order chi connectivity index (χ1) is 8.31. The minimum Gasteiger partial charge on any atom is -0.476 e. The van der Waals surface area contributed by atoms with Crippen molar-refractivity contribution in [3.8, 4) is 0 Å². The van der Waals surface area contributed by atoms with Gasteiger partial charge in [0.05, 0.1) is 0 Å². The molecule has 2 N–H and O–H groups in total. The van der Waals surface area contributed by atoms with Gasteiger partial charge in [0.15, 0.2) is 16.6 Å². The third kappa shape index (κ3) is 2.53. The van der Waals surface area contributed by atoms with Crippen LogP contribution >= 0.6 is 11.3 Å². The maximum atomic E-state index is 11.3. The first kappa shape index (κ1) is 13.0. The van der Waals surface area contributed by atoms with E-state index in [9.17, 15) is 9.59 Å². The summed E-state index contributed by atoms with van der Waals surface area (Å²) < 4.78 is 0. The zero-order valence-electron chi connectivity index (χ0n) is 10.6. The molecule has 1 unspecified atom stereocenters. The summed E-state index contributed by atoms with van der Waals surface area (Å²) in [6.45, 7) is 6.53. The highest BCUT2D eigenvalue weighted by Gasteiger charge is 2.45. The highest BCUT2D eigenvalue weighted by Crippen LogP contribution is 2.51. The monoisotopic (exact) mass is 268 g/mol. The molecule has 5 nitrogen and oxygen atoms in total. The number of aromatic nitrogens is 1. The van der Waals surface area contributed by atoms with Crippen LogP contribution in [0.1, 0.15) is 47.4 Å². The molecule has 1 saturated carbocycles. The van der Waals surface area contributed by atoms with Gasteiger partial charge in [-0.3, -0.25) is 4.79 Å². The van der Waals surface area contributed by atoms with E-state index < -0.39 is 5.97 Å². The Balaban J connectivity index is 2.08. The second kappa shape index (κ2) is 4.35. The largest absolute Gasteiger partial charge is 0.476 e. The SMILES string of the molecule is CC(=O)c1sc(NCC2CC2(C)C)nc1C(=O)O. The highest BCUT2D eigenvalue weighted by atomic mass is 32.1. The van der Waals surface area contributed by atoms with Crippen LogP contribution in [0.15, 0.2) is 0 Å². The molecule has 0 bridgehead atoms. The lowest BCUT2D eigenvalue weighted by Crippen LogP contribution is -2.07. The van der Waals surface area contributed by atoms with Gasteiger partial charge < -0.3 is 10.4 Å². The van der Waals surface area contributed by atoms with Crippen LogP contribution in [-0.4, -0.2) is 28.4 Å². The van der Waals surface area contributed by atoms with E-state index in [0.717, 1.165) is 24.3 Å².